The van der Waals surface area contributed by atoms with Gasteiger partial charge in [0.15, 0.2) is 6.10 Å². The number of carboxylic acids is 1. The van der Waals surface area contributed by atoms with Gasteiger partial charge in [0.05, 0.1) is 12.6 Å². The Bertz CT molecular complexity index is 535. The van der Waals surface area contributed by atoms with Crippen LogP contribution >= 0.6 is 11.3 Å². The van der Waals surface area contributed by atoms with Crippen LogP contribution in [0.3, 0.4) is 0 Å². The summed E-state index contributed by atoms with van der Waals surface area (Å²) in [7, 11) is 0. The summed E-state index contributed by atoms with van der Waals surface area (Å²) in [6.07, 6.45) is -1.58. The van der Waals surface area contributed by atoms with E-state index in [1.54, 1.807) is 6.92 Å². The molecule has 0 aromatic carbocycles. The Hall–Kier alpha value is -1.74. The first-order valence-electron chi connectivity index (χ1n) is 6.08. The number of carboxylic acid groups (broad SMARTS) is 1. The molecule has 1 fully saturated rings. The number of alkyl halides is 2. The molecule has 1 aliphatic heterocycles. The number of amides is 1. The Morgan fingerprint density at radius 3 is 2.86 bits per heavy atom. The third kappa shape index (κ3) is 3.67. The number of halogens is 2. The number of thiophene rings is 1. The minimum Gasteiger partial charge on any atom is -0.479 e. The van der Waals surface area contributed by atoms with E-state index in [0.717, 1.165) is 11.3 Å². The molecule has 1 aliphatic rings. The Morgan fingerprint density at radius 2 is 2.24 bits per heavy atom. The van der Waals surface area contributed by atoms with E-state index in [0.29, 0.717) is 0 Å². The number of morpholine rings is 1. The second kappa shape index (κ2) is 6.35. The third-order valence-corrected chi connectivity index (χ3v) is 3.75. The van der Waals surface area contributed by atoms with Gasteiger partial charge >= 0.3 is 12.6 Å². The van der Waals surface area contributed by atoms with Crippen LogP contribution < -0.4 is 4.74 Å². The van der Waals surface area contributed by atoms with Crippen LogP contribution in [0.15, 0.2) is 11.4 Å². The summed E-state index contributed by atoms with van der Waals surface area (Å²) in [5, 5.41) is 10.4. The van der Waals surface area contributed by atoms with Crippen LogP contribution in [-0.4, -0.2) is 53.8 Å². The van der Waals surface area contributed by atoms with Gasteiger partial charge in [0, 0.05) is 6.54 Å². The van der Waals surface area contributed by atoms with Gasteiger partial charge in [-0.1, -0.05) is 0 Å². The van der Waals surface area contributed by atoms with Crippen molar-refractivity contribution in [1.29, 1.82) is 0 Å². The number of hydrogen-bond donors (Lipinski definition) is 1. The molecular formula is C12H13F2NO5S. The van der Waals surface area contributed by atoms with Gasteiger partial charge in [0.2, 0.25) is 0 Å². The number of nitrogens with zero attached hydrogens (tertiary/aromatic N) is 1. The van der Waals surface area contributed by atoms with Crippen LogP contribution in [0.4, 0.5) is 8.78 Å². The number of rotatable bonds is 4. The molecule has 0 spiro atoms. The molecule has 116 valence electrons. The lowest BCUT2D eigenvalue weighted by Gasteiger charge is -2.34. The Kier molecular flexibility index (Phi) is 4.73. The van der Waals surface area contributed by atoms with E-state index in [9.17, 15) is 18.4 Å². The summed E-state index contributed by atoms with van der Waals surface area (Å²) in [5.41, 5.74) is 0. The number of carbonyl (C=O) groups excluding carboxylic acids is 1. The van der Waals surface area contributed by atoms with Gasteiger partial charge in [-0.2, -0.15) is 8.78 Å². The van der Waals surface area contributed by atoms with Crippen molar-refractivity contribution < 1.29 is 33.0 Å². The molecule has 1 unspecified atom stereocenters. The van der Waals surface area contributed by atoms with Crippen LogP contribution in [0.1, 0.15) is 16.6 Å². The molecule has 6 nitrogen and oxygen atoms in total. The number of hydrogen-bond acceptors (Lipinski definition) is 5. The zero-order valence-corrected chi connectivity index (χ0v) is 11.8. The maximum absolute atomic E-state index is 12.3. The fourth-order valence-corrected chi connectivity index (χ4v) is 2.83. The average Bonchev–Trinajstić information content (AvgIpc) is 2.84. The van der Waals surface area contributed by atoms with Crippen molar-refractivity contribution in [2.45, 2.75) is 25.7 Å². The minimum atomic E-state index is -3.03. The van der Waals surface area contributed by atoms with Crippen LogP contribution in [0.25, 0.3) is 0 Å². The quantitative estimate of drug-likeness (QED) is 0.913. The summed E-state index contributed by atoms with van der Waals surface area (Å²) < 4.78 is 34.0. The second-order valence-electron chi connectivity index (χ2n) is 4.48. The normalized spacial score (nSPS) is 22.4. The van der Waals surface area contributed by atoms with Gasteiger partial charge in [-0.05, 0) is 18.4 Å². The lowest BCUT2D eigenvalue weighted by molar-refractivity contribution is -0.160. The summed E-state index contributed by atoms with van der Waals surface area (Å²) in [5.74, 6) is -1.91. The van der Waals surface area contributed by atoms with Crippen molar-refractivity contribution in [2.75, 3.05) is 13.1 Å². The maximum Gasteiger partial charge on any atom is 0.387 e. The van der Waals surface area contributed by atoms with E-state index in [1.807, 2.05) is 0 Å². The average molecular weight is 321 g/mol. The van der Waals surface area contributed by atoms with Crippen LogP contribution in [0.2, 0.25) is 0 Å². The van der Waals surface area contributed by atoms with Crippen LogP contribution in [0, 0.1) is 0 Å². The highest BCUT2D eigenvalue weighted by Gasteiger charge is 2.34. The van der Waals surface area contributed by atoms with Crippen molar-refractivity contribution in [3.05, 3.63) is 16.3 Å². The fraction of sp³-hybridized carbons (Fsp3) is 0.500. The van der Waals surface area contributed by atoms with Crippen molar-refractivity contribution in [1.82, 2.24) is 4.90 Å². The predicted octanol–water partition coefficient (Wildman–Crippen LogP) is 1.66. The predicted molar refractivity (Wildman–Crippen MR) is 68.8 cm³/mol. The monoisotopic (exact) mass is 321 g/mol. The molecule has 0 aliphatic carbocycles. The van der Waals surface area contributed by atoms with E-state index >= 15 is 0 Å². The van der Waals surface area contributed by atoms with Gasteiger partial charge in [0.1, 0.15) is 10.6 Å². The Labute approximate surface area is 122 Å². The molecule has 2 heterocycles. The maximum atomic E-state index is 12.3. The summed E-state index contributed by atoms with van der Waals surface area (Å²) in [6, 6.07) is 1.28. The first kappa shape index (κ1) is 15.6. The zero-order chi connectivity index (χ0) is 15.6. The lowest BCUT2D eigenvalue weighted by Crippen LogP contribution is -2.51. The SMILES string of the molecule is C[C@@H]1CN(C(=O)c2sccc2OC(F)F)CC(C(=O)O)O1. The minimum absolute atomic E-state index is 0.0218. The second-order valence-corrected chi connectivity index (χ2v) is 5.39. The van der Waals surface area contributed by atoms with Gasteiger partial charge in [0.25, 0.3) is 5.91 Å². The fourth-order valence-electron chi connectivity index (χ4n) is 2.04. The topological polar surface area (TPSA) is 76.1 Å². The van der Waals surface area contributed by atoms with Crippen LogP contribution in [-0.2, 0) is 9.53 Å². The highest BCUT2D eigenvalue weighted by molar-refractivity contribution is 7.12. The largest absolute Gasteiger partial charge is 0.479 e. The number of aliphatic carboxylic acids is 1. The van der Waals surface area contributed by atoms with Gasteiger partial charge < -0.3 is 19.5 Å². The smallest absolute Gasteiger partial charge is 0.387 e. The van der Waals surface area contributed by atoms with Crippen molar-refractivity contribution >= 4 is 23.2 Å². The Balaban J connectivity index is 2.15. The summed E-state index contributed by atoms with van der Waals surface area (Å²) in [4.78, 5) is 24.6. The van der Waals surface area contributed by atoms with Crippen molar-refractivity contribution in [2.24, 2.45) is 0 Å². The van der Waals surface area contributed by atoms with E-state index in [4.69, 9.17) is 9.84 Å². The Morgan fingerprint density at radius 1 is 1.52 bits per heavy atom. The molecule has 2 rings (SSSR count). The van der Waals surface area contributed by atoms with Crippen molar-refractivity contribution in [3.8, 4) is 5.75 Å². The third-order valence-electron chi connectivity index (χ3n) is 2.86. The molecule has 1 saturated heterocycles. The molecule has 0 bridgehead atoms. The molecule has 1 N–H and O–H groups in total. The molecule has 1 amide bonds. The van der Waals surface area contributed by atoms with E-state index in [2.05, 4.69) is 4.74 Å². The number of carbonyl (C=O) groups is 2. The van der Waals surface area contributed by atoms with Gasteiger partial charge in [-0.3, -0.25) is 4.79 Å². The zero-order valence-electron chi connectivity index (χ0n) is 11.0. The van der Waals surface area contributed by atoms with E-state index in [-0.39, 0.29) is 23.7 Å². The van der Waals surface area contributed by atoms with Gasteiger partial charge in [-0.25, -0.2) is 4.79 Å². The molecule has 0 radical (unpaired) electrons. The highest BCUT2D eigenvalue weighted by Crippen LogP contribution is 2.28. The highest BCUT2D eigenvalue weighted by atomic mass is 32.1. The molecule has 1 aromatic heterocycles. The molecule has 21 heavy (non-hydrogen) atoms. The van der Waals surface area contributed by atoms with E-state index in [1.165, 1.54) is 16.3 Å². The summed E-state index contributed by atoms with van der Waals surface area (Å²) >= 11 is 0.966. The first-order valence-corrected chi connectivity index (χ1v) is 6.96. The van der Waals surface area contributed by atoms with Crippen molar-refractivity contribution in [3.63, 3.8) is 0 Å². The molecule has 2 atom stereocenters. The summed E-state index contributed by atoms with van der Waals surface area (Å²) in [6.45, 7) is -1.33. The van der Waals surface area contributed by atoms with E-state index < -0.39 is 30.7 Å². The lowest BCUT2D eigenvalue weighted by atomic mass is 10.2. The standard InChI is InChI=1S/C12H13F2NO5S/c1-6-4-15(5-8(19-6)11(17)18)10(16)9-7(2-3-21-9)20-12(13)14/h2-3,6,8,12H,4-5H2,1H3,(H,17,18)/t6-,8?/m1/s1. The molecule has 1 aromatic rings. The van der Waals surface area contributed by atoms with Gasteiger partial charge in [-0.15, -0.1) is 11.3 Å². The van der Waals surface area contributed by atoms with Crippen LogP contribution in [0.5, 0.6) is 5.75 Å². The molecular weight excluding hydrogens is 308 g/mol. The molecule has 9 heteroatoms. The molecule has 0 saturated carbocycles. The number of ether oxygens (including phenoxy) is 2. The first-order chi connectivity index (χ1) is 9.88.